The Hall–Kier alpha value is -2.05. The molecule has 1 N–H and O–H groups in total. The zero-order chi connectivity index (χ0) is 13.8. The second-order valence-electron chi connectivity index (χ2n) is 4.39. The van der Waals surface area contributed by atoms with Crippen LogP contribution in [0.3, 0.4) is 0 Å². The molecule has 1 aromatic heterocycles. The van der Waals surface area contributed by atoms with Gasteiger partial charge < -0.3 is 19.9 Å². The fourth-order valence-corrected chi connectivity index (χ4v) is 2.07. The number of hydrogen-bond acceptors (Lipinski definition) is 6. The van der Waals surface area contributed by atoms with Crippen LogP contribution in [-0.2, 0) is 4.74 Å². The number of aromatic nitrogens is 2. The molecule has 1 aliphatic rings. The molecule has 0 aliphatic carbocycles. The molecular formula is C12H19N5O2. The molecule has 7 nitrogen and oxygen atoms in total. The standard InChI is InChI=1S/C12H19N5O2/c1-9-8-10(15-11(13-2)14-9)16-4-6-17(7-5-16)12(18)19-3/h8H,4-7H2,1-3H3,(H,13,14,15). The molecular weight excluding hydrogens is 246 g/mol. The number of hydrogen-bond donors (Lipinski definition) is 1. The van der Waals surface area contributed by atoms with Crippen LogP contribution >= 0.6 is 0 Å². The van der Waals surface area contributed by atoms with Crippen LogP contribution in [0.4, 0.5) is 16.6 Å². The maximum atomic E-state index is 11.4. The molecule has 0 saturated carbocycles. The van der Waals surface area contributed by atoms with Crippen molar-refractivity contribution in [3.63, 3.8) is 0 Å². The predicted molar refractivity (Wildman–Crippen MR) is 72.5 cm³/mol. The third-order valence-corrected chi connectivity index (χ3v) is 3.10. The fourth-order valence-electron chi connectivity index (χ4n) is 2.07. The number of ether oxygens (including phenoxy) is 1. The molecule has 0 radical (unpaired) electrons. The maximum absolute atomic E-state index is 11.4. The molecule has 2 heterocycles. The third kappa shape index (κ3) is 3.04. The van der Waals surface area contributed by atoms with Gasteiger partial charge in [0.1, 0.15) is 5.82 Å². The Labute approximate surface area is 112 Å². The van der Waals surface area contributed by atoms with Gasteiger partial charge in [-0.3, -0.25) is 0 Å². The van der Waals surface area contributed by atoms with E-state index in [1.54, 1.807) is 11.9 Å². The number of carbonyl (C=O) groups excluding carboxylic acids is 1. The Balaban J connectivity index is 2.05. The van der Waals surface area contributed by atoms with E-state index >= 15 is 0 Å². The Morgan fingerprint density at radius 3 is 2.58 bits per heavy atom. The van der Waals surface area contributed by atoms with E-state index in [2.05, 4.69) is 20.2 Å². The summed E-state index contributed by atoms with van der Waals surface area (Å²) >= 11 is 0. The van der Waals surface area contributed by atoms with Crippen molar-refractivity contribution in [3.8, 4) is 0 Å². The average molecular weight is 265 g/mol. The van der Waals surface area contributed by atoms with Gasteiger partial charge in [-0.25, -0.2) is 9.78 Å². The van der Waals surface area contributed by atoms with Crippen molar-refractivity contribution < 1.29 is 9.53 Å². The van der Waals surface area contributed by atoms with Gasteiger partial charge in [-0.15, -0.1) is 0 Å². The summed E-state index contributed by atoms with van der Waals surface area (Å²) in [6, 6.07) is 1.95. The van der Waals surface area contributed by atoms with E-state index in [-0.39, 0.29) is 6.09 Å². The topological polar surface area (TPSA) is 70.6 Å². The lowest BCUT2D eigenvalue weighted by molar-refractivity contribution is 0.121. The monoisotopic (exact) mass is 265 g/mol. The van der Waals surface area contributed by atoms with Crippen molar-refractivity contribution in [2.75, 3.05) is 50.6 Å². The van der Waals surface area contributed by atoms with Crippen molar-refractivity contribution in [1.82, 2.24) is 14.9 Å². The van der Waals surface area contributed by atoms with Crippen LogP contribution in [0, 0.1) is 6.92 Å². The SMILES string of the molecule is CNc1nc(C)cc(N2CCN(C(=O)OC)CC2)n1. The smallest absolute Gasteiger partial charge is 0.409 e. The number of piperazine rings is 1. The van der Waals surface area contributed by atoms with Gasteiger partial charge in [-0.1, -0.05) is 0 Å². The highest BCUT2D eigenvalue weighted by atomic mass is 16.5. The molecule has 104 valence electrons. The largest absolute Gasteiger partial charge is 0.453 e. The second kappa shape index (κ2) is 5.73. The highest BCUT2D eigenvalue weighted by molar-refractivity contribution is 5.67. The van der Waals surface area contributed by atoms with Gasteiger partial charge in [0, 0.05) is 45.0 Å². The highest BCUT2D eigenvalue weighted by Gasteiger charge is 2.22. The van der Waals surface area contributed by atoms with Crippen LogP contribution in [0.15, 0.2) is 6.07 Å². The van der Waals surface area contributed by atoms with Crippen LogP contribution in [0.2, 0.25) is 0 Å². The lowest BCUT2D eigenvalue weighted by atomic mass is 10.3. The summed E-state index contributed by atoms with van der Waals surface area (Å²) in [7, 11) is 3.20. The van der Waals surface area contributed by atoms with Gasteiger partial charge in [-0.05, 0) is 6.92 Å². The summed E-state index contributed by atoms with van der Waals surface area (Å²) in [5.41, 5.74) is 0.921. The first-order valence-electron chi connectivity index (χ1n) is 6.25. The normalized spacial score (nSPS) is 15.3. The number of rotatable bonds is 2. The van der Waals surface area contributed by atoms with Gasteiger partial charge >= 0.3 is 6.09 Å². The molecule has 7 heteroatoms. The molecule has 1 aliphatic heterocycles. The highest BCUT2D eigenvalue weighted by Crippen LogP contribution is 2.16. The zero-order valence-electron chi connectivity index (χ0n) is 11.5. The quantitative estimate of drug-likeness (QED) is 0.849. The first-order chi connectivity index (χ1) is 9.13. The van der Waals surface area contributed by atoms with E-state index < -0.39 is 0 Å². The summed E-state index contributed by atoms with van der Waals surface area (Å²) in [5, 5.41) is 2.95. The van der Waals surface area contributed by atoms with Crippen LogP contribution in [0.25, 0.3) is 0 Å². The van der Waals surface area contributed by atoms with Crippen LogP contribution < -0.4 is 10.2 Å². The maximum Gasteiger partial charge on any atom is 0.409 e. The molecule has 1 saturated heterocycles. The second-order valence-corrected chi connectivity index (χ2v) is 4.39. The lowest BCUT2D eigenvalue weighted by Gasteiger charge is -2.34. The minimum absolute atomic E-state index is 0.269. The summed E-state index contributed by atoms with van der Waals surface area (Å²) in [6.07, 6.45) is -0.269. The summed E-state index contributed by atoms with van der Waals surface area (Å²) in [4.78, 5) is 24.0. The minimum Gasteiger partial charge on any atom is -0.453 e. The van der Waals surface area contributed by atoms with Gasteiger partial charge in [0.2, 0.25) is 5.95 Å². The van der Waals surface area contributed by atoms with Crippen molar-refractivity contribution >= 4 is 17.9 Å². The van der Waals surface area contributed by atoms with Crippen molar-refractivity contribution in [2.24, 2.45) is 0 Å². The Bertz CT molecular complexity index is 457. The van der Waals surface area contributed by atoms with E-state index in [1.807, 2.05) is 13.0 Å². The van der Waals surface area contributed by atoms with Crippen LogP contribution in [-0.4, -0.2) is 61.3 Å². The molecule has 2 rings (SSSR count). The number of anilines is 2. The summed E-state index contributed by atoms with van der Waals surface area (Å²) < 4.78 is 4.72. The average Bonchev–Trinajstić information content (AvgIpc) is 2.46. The molecule has 0 bridgehead atoms. The number of methoxy groups -OCH3 is 1. The summed E-state index contributed by atoms with van der Waals surface area (Å²) in [6.45, 7) is 4.72. The van der Waals surface area contributed by atoms with E-state index in [4.69, 9.17) is 4.74 Å². The lowest BCUT2D eigenvalue weighted by Crippen LogP contribution is -2.49. The van der Waals surface area contributed by atoms with E-state index in [0.29, 0.717) is 19.0 Å². The van der Waals surface area contributed by atoms with Gasteiger partial charge in [0.05, 0.1) is 7.11 Å². The molecule has 1 amide bonds. The molecule has 0 aromatic carbocycles. The van der Waals surface area contributed by atoms with E-state index in [0.717, 1.165) is 24.6 Å². The number of nitrogens with zero attached hydrogens (tertiary/aromatic N) is 4. The fraction of sp³-hybridized carbons (Fsp3) is 0.583. The van der Waals surface area contributed by atoms with E-state index in [1.165, 1.54) is 7.11 Å². The van der Waals surface area contributed by atoms with Crippen LogP contribution in [0.1, 0.15) is 5.69 Å². The number of aryl methyl sites for hydroxylation is 1. The Kier molecular flexibility index (Phi) is 4.03. The molecule has 1 aromatic rings. The van der Waals surface area contributed by atoms with Crippen molar-refractivity contribution in [2.45, 2.75) is 6.92 Å². The zero-order valence-corrected chi connectivity index (χ0v) is 11.5. The first-order valence-corrected chi connectivity index (χ1v) is 6.25. The number of nitrogens with one attached hydrogen (secondary N) is 1. The Morgan fingerprint density at radius 1 is 1.32 bits per heavy atom. The predicted octanol–water partition coefficient (Wildman–Crippen LogP) is 0.715. The molecule has 0 unspecified atom stereocenters. The first kappa shape index (κ1) is 13.4. The van der Waals surface area contributed by atoms with Gasteiger partial charge in [0.25, 0.3) is 0 Å². The van der Waals surface area contributed by atoms with E-state index in [9.17, 15) is 4.79 Å². The molecule has 0 atom stereocenters. The minimum atomic E-state index is -0.269. The third-order valence-electron chi connectivity index (χ3n) is 3.10. The molecule has 0 spiro atoms. The Morgan fingerprint density at radius 2 is 2.00 bits per heavy atom. The molecule has 1 fully saturated rings. The van der Waals surface area contributed by atoms with Crippen molar-refractivity contribution in [3.05, 3.63) is 11.8 Å². The van der Waals surface area contributed by atoms with Crippen LogP contribution in [0.5, 0.6) is 0 Å². The summed E-state index contributed by atoms with van der Waals surface area (Å²) in [5.74, 6) is 1.51. The van der Waals surface area contributed by atoms with Crippen molar-refractivity contribution in [1.29, 1.82) is 0 Å². The van der Waals surface area contributed by atoms with Gasteiger partial charge in [0.15, 0.2) is 0 Å². The number of amides is 1. The number of carbonyl (C=O) groups is 1. The molecule has 19 heavy (non-hydrogen) atoms. The van der Waals surface area contributed by atoms with Gasteiger partial charge in [-0.2, -0.15) is 4.98 Å².